The third kappa shape index (κ3) is 10.1. The van der Waals surface area contributed by atoms with E-state index in [-0.39, 0.29) is 6.35 Å². The summed E-state index contributed by atoms with van der Waals surface area (Å²) < 4.78 is 54.8. The fourth-order valence-corrected chi connectivity index (χ4v) is 11.0. The maximum absolute atomic E-state index is 6.80. The maximum atomic E-state index is 6.80. The molecule has 252 valence electrons. The van der Waals surface area contributed by atoms with E-state index in [1.807, 2.05) is 182 Å². The summed E-state index contributed by atoms with van der Waals surface area (Å²) in [6.07, 6.45) is 0.0651. The standard InChI is InChI=1S/C38H35N3O6P3/c1-39-49(44-35-24-12-4-13-25-35,45-36-26-14-5-15-27-36)41-50(46-37-28-16-6-17-29-37,47-38-30-18-7-19-31-38)40-48(43-34-22-10-3-11-23-34)32-42-33-20-8-2-9-21-33/h2-31H,32H2,1H3/q+1. The van der Waals surface area contributed by atoms with E-state index < -0.39 is 23.3 Å². The van der Waals surface area contributed by atoms with Crippen molar-refractivity contribution >= 4 is 23.3 Å². The Morgan fingerprint density at radius 3 is 1.10 bits per heavy atom. The monoisotopic (exact) mass is 722 g/mol. The van der Waals surface area contributed by atoms with Crippen molar-refractivity contribution < 1.29 is 27.4 Å². The summed E-state index contributed by atoms with van der Waals surface area (Å²) in [5.74, 6) is 3.19. The molecule has 0 heterocycles. The minimum absolute atomic E-state index is 0.0651. The van der Waals surface area contributed by atoms with Crippen LogP contribution in [0.1, 0.15) is 0 Å². The van der Waals surface area contributed by atoms with Crippen molar-refractivity contribution in [3.8, 4) is 34.5 Å². The van der Waals surface area contributed by atoms with Crippen LogP contribution in [0.5, 0.6) is 34.5 Å². The highest BCUT2D eigenvalue weighted by Crippen LogP contribution is 2.67. The molecule has 50 heavy (non-hydrogen) atoms. The van der Waals surface area contributed by atoms with Gasteiger partial charge in [0.1, 0.15) is 28.7 Å². The molecule has 0 saturated heterocycles. The third-order valence-electron chi connectivity index (χ3n) is 6.60. The number of hydrogen-bond donors (Lipinski definition) is 0. The Bertz CT molecular complexity index is 1970. The molecule has 0 aliphatic carbocycles. The van der Waals surface area contributed by atoms with Gasteiger partial charge in [-0.25, -0.2) is 4.74 Å². The number of hydrogen-bond acceptors (Lipinski definition) is 7. The molecule has 0 aromatic heterocycles. The maximum Gasteiger partial charge on any atom is 0.496 e. The number of rotatable bonds is 15. The first kappa shape index (κ1) is 34.5. The van der Waals surface area contributed by atoms with Crippen molar-refractivity contribution in [2.45, 2.75) is 0 Å². The summed E-state index contributed by atoms with van der Waals surface area (Å²) in [7, 11) is -7.79. The minimum Gasteiger partial charge on any atom is -0.447 e. The van der Waals surface area contributed by atoms with Gasteiger partial charge in [-0.05, 0) is 72.8 Å². The molecule has 0 aliphatic rings. The van der Waals surface area contributed by atoms with E-state index in [1.165, 1.54) is 0 Å². The Hall–Kier alpha value is -5.32. The van der Waals surface area contributed by atoms with E-state index in [1.54, 1.807) is 7.05 Å². The lowest BCUT2D eigenvalue weighted by Gasteiger charge is -2.25. The SMILES string of the molecule is CN=P(N=P(N=[P+](COc1ccccc1)Oc1ccccc1)(Oc1ccccc1)Oc1ccccc1)(Oc1ccccc1)Oc1ccccc1. The van der Waals surface area contributed by atoms with Crippen molar-refractivity contribution in [2.24, 2.45) is 13.8 Å². The summed E-state index contributed by atoms with van der Waals surface area (Å²) >= 11 is 0. The highest BCUT2D eigenvalue weighted by Gasteiger charge is 2.41. The van der Waals surface area contributed by atoms with Gasteiger partial charge in [0.2, 0.25) is 0 Å². The van der Waals surface area contributed by atoms with Gasteiger partial charge in [0.05, 0.1) is 4.52 Å². The molecule has 6 aromatic carbocycles. The van der Waals surface area contributed by atoms with Crippen LogP contribution in [0.3, 0.4) is 0 Å². The predicted octanol–water partition coefficient (Wildman–Crippen LogP) is 12.5. The van der Waals surface area contributed by atoms with E-state index >= 15 is 0 Å². The zero-order chi connectivity index (χ0) is 34.3. The molecule has 6 rings (SSSR count). The zero-order valence-corrected chi connectivity index (χ0v) is 29.8. The first-order valence-corrected chi connectivity index (χ1v) is 20.1. The molecule has 0 bridgehead atoms. The molecule has 0 radical (unpaired) electrons. The molecule has 6 aromatic rings. The first-order valence-electron chi connectivity index (χ1n) is 15.7. The van der Waals surface area contributed by atoms with Gasteiger partial charge in [-0.3, -0.25) is 4.52 Å². The summed E-state index contributed by atoms with van der Waals surface area (Å²) in [5.41, 5.74) is 0. The molecule has 0 amide bonds. The van der Waals surface area contributed by atoms with Crippen LogP contribution in [0.2, 0.25) is 0 Å². The highest BCUT2D eigenvalue weighted by atomic mass is 31.2. The summed E-state index contributed by atoms with van der Waals surface area (Å²) in [4.78, 5) is 0. The van der Waals surface area contributed by atoms with Crippen molar-refractivity contribution in [3.05, 3.63) is 182 Å². The van der Waals surface area contributed by atoms with E-state index in [0.717, 1.165) is 0 Å². The second-order valence-electron chi connectivity index (χ2n) is 10.3. The van der Waals surface area contributed by atoms with Crippen LogP contribution in [-0.4, -0.2) is 13.4 Å². The van der Waals surface area contributed by atoms with Gasteiger partial charge in [-0.1, -0.05) is 114 Å². The summed E-state index contributed by atoms with van der Waals surface area (Å²) in [5, 5.41) is 0. The van der Waals surface area contributed by atoms with E-state index in [2.05, 4.69) is 0 Å². The van der Waals surface area contributed by atoms with Gasteiger partial charge in [0, 0.05) is 7.05 Å². The molecule has 1 atom stereocenters. The second kappa shape index (κ2) is 17.4. The molecular formula is C38H35N3O6P3+. The Kier molecular flexibility index (Phi) is 12.0. The Morgan fingerprint density at radius 2 is 0.740 bits per heavy atom. The summed E-state index contributed by atoms with van der Waals surface area (Å²) in [6.45, 7) is 0. The van der Waals surface area contributed by atoms with Crippen molar-refractivity contribution in [1.82, 2.24) is 0 Å². The zero-order valence-electron chi connectivity index (χ0n) is 27.2. The van der Waals surface area contributed by atoms with Crippen LogP contribution in [-0.2, 0) is 0 Å². The van der Waals surface area contributed by atoms with Crippen LogP contribution in [0.25, 0.3) is 0 Å². The Balaban J connectivity index is 1.59. The minimum atomic E-state index is -3.89. The fraction of sp³-hybridized carbons (Fsp3) is 0.0526. The molecule has 9 nitrogen and oxygen atoms in total. The lowest BCUT2D eigenvalue weighted by Crippen LogP contribution is -2.05. The Labute approximate surface area is 293 Å². The molecule has 12 heteroatoms. The van der Waals surface area contributed by atoms with E-state index in [9.17, 15) is 0 Å². The fourth-order valence-electron chi connectivity index (χ4n) is 4.35. The molecule has 0 aliphatic heterocycles. The van der Waals surface area contributed by atoms with Crippen LogP contribution >= 0.6 is 23.3 Å². The van der Waals surface area contributed by atoms with Crippen molar-refractivity contribution in [1.29, 1.82) is 0 Å². The van der Waals surface area contributed by atoms with E-state index in [0.29, 0.717) is 34.5 Å². The van der Waals surface area contributed by atoms with Crippen molar-refractivity contribution in [3.63, 3.8) is 0 Å². The van der Waals surface area contributed by atoms with E-state index in [4.69, 9.17) is 41.1 Å². The predicted molar refractivity (Wildman–Crippen MR) is 201 cm³/mol. The van der Waals surface area contributed by atoms with Gasteiger partial charge >= 0.3 is 29.6 Å². The quantitative estimate of drug-likeness (QED) is 0.0980. The van der Waals surface area contributed by atoms with Crippen LogP contribution in [0.15, 0.2) is 196 Å². The number of nitrogens with zero attached hydrogens (tertiary/aromatic N) is 3. The molecule has 0 saturated carbocycles. The molecule has 0 fully saturated rings. The third-order valence-corrected chi connectivity index (χ3v) is 13.2. The average molecular weight is 723 g/mol. The number of para-hydroxylation sites is 6. The van der Waals surface area contributed by atoms with Crippen LogP contribution in [0.4, 0.5) is 0 Å². The van der Waals surface area contributed by atoms with Gasteiger partial charge in [0.15, 0.2) is 5.75 Å². The Morgan fingerprint density at radius 1 is 0.420 bits per heavy atom. The molecule has 0 N–H and O–H groups in total. The molecule has 1 unspecified atom stereocenters. The second-order valence-corrected chi connectivity index (χ2v) is 16.0. The molecular weight excluding hydrogens is 687 g/mol. The van der Waals surface area contributed by atoms with Gasteiger partial charge in [-0.2, -0.15) is 0 Å². The largest absolute Gasteiger partial charge is 0.496 e. The van der Waals surface area contributed by atoms with Crippen molar-refractivity contribution in [2.75, 3.05) is 13.4 Å². The average Bonchev–Trinajstić information content (AvgIpc) is 3.16. The van der Waals surface area contributed by atoms with Gasteiger partial charge in [-0.15, -0.1) is 0 Å². The van der Waals surface area contributed by atoms with Gasteiger partial charge in [0.25, 0.3) is 0 Å². The lowest BCUT2D eigenvalue weighted by atomic mass is 10.3. The lowest BCUT2D eigenvalue weighted by molar-refractivity contribution is 0.378. The normalized spacial score (nSPS) is 11.5. The highest BCUT2D eigenvalue weighted by molar-refractivity contribution is 7.70. The summed E-state index contributed by atoms with van der Waals surface area (Å²) in [6, 6.07) is 55.9. The van der Waals surface area contributed by atoms with Crippen LogP contribution in [0, 0.1) is 0 Å². The topological polar surface area (TPSA) is 92.5 Å². The number of ether oxygens (including phenoxy) is 1. The van der Waals surface area contributed by atoms with Crippen LogP contribution < -0.4 is 27.4 Å². The smallest absolute Gasteiger partial charge is 0.447 e. The number of benzene rings is 6. The van der Waals surface area contributed by atoms with Gasteiger partial charge < -0.3 is 22.8 Å². The first-order chi connectivity index (χ1) is 24.6. The molecule has 0 spiro atoms.